The highest BCUT2D eigenvalue weighted by Crippen LogP contribution is 2.43. The average molecular weight is 471 g/mol. The number of unbranched alkanes of at least 4 members (excludes halogenated alkanes) is 1. The fourth-order valence-electron chi connectivity index (χ4n) is 4.24. The second kappa shape index (κ2) is 9.26. The lowest BCUT2D eigenvalue weighted by atomic mass is 9.64. The van der Waals surface area contributed by atoms with Crippen LogP contribution in [0.25, 0.3) is 0 Å². The standard InChI is InChI=1S/C21H31BrN2O3S/c1-2-3-14-28(26,27)24-12-8-17(9-13-24)20(25)23-16-21(10-5-11-21)18-6-4-7-19(22)15-18/h4,6-7,15,17H,2-3,5,8-14,16H2,1H3,(H,23,25). The van der Waals surface area contributed by atoms with Crippen LogP contribution in [0.4, 0.5) is 0 Å². The maximum absolute atomic E-state index is 12.7. The lowest BCUT2D eigenvalue weighted by Gasteiger charge is -2.43. The average Bonchev–Trinajstić information content (AvgIpc) is 2.65. The van der Waals surface area contributed by atoms with Gasteiger partial charge in [-0.25, -0.2) is 12.7 Å². The predicted molar refractivity (Wildman–Crippen MR) is 116 cm³/mol. The van der Waals surface area contributed by atoms with E-state index < -0.39 is 10.0 Å². The summed E-state index contributed by atoms with van der Waals surface area (Å²) in [6.07, 6.45) is 6.17. The van der Waals surface area contributed by atoms with Crippen LogP contribution in [0.5, 0.6) is 0 Å². The molecule has 1 aromatic carbocycles. The fourth-order valence-corrected chi connectivity index (χ4v) is 6.32. The van der Waals surface area contributed by atoms with E-state index in [4.69, 9.17) is 0 Å². The van der Waals surface area contributed by atoms with E-state index in [1.165, 1.54) is 12.0 Å². The third-order valence-corrected chi connectivity index (χ3v) is 8.77. The molecular formula is C21H31BrN2O3S. The van der Waals surface area contributed by atoms with Crippen molar-refractivity contribution in [2.75, 3.05) is 25.4 Å². The molecule has 3 rings (SSSR count). The molecule has 0 atom stereocenters. The normalized spacial score (nSPS) is 20.5. The third-order valence-electron chi connectivity index (χ3n) is 6.32. The largest absolute Gasteiger partial charge is 0.355 e. The number of carbonyl (C=O) groups excluding carboxylic acids is 1. The molecule has 1 aliphatic carbocycles. The van der Waals surface area contributed by atoms with Crippen LogP contribution in [0.2, 0.25) is 0 Å². The van der Waals surface area contributed by atoms with Crippen molar-refractivity contribution in [1.82, 2.24) is 9.62 Å². The van der Waals surface area contributed by atoms with Gasteiger partial charge in [0.15, 0.2) is 0 Å². The summed E-state index contributed by atoms with van der Waals surface area (Å²) in [6.45, 7) is 3.58. The van der Waals surface area contributed by atoms with Gasteiger partial charge in [0, 0.05) is 35.4 Å². The molecule has 1 N–H and O–H groups in total. The number of carbonyl (C=O) groups is 1. The molecule has 7 heteroatoms. The summed E-state index contributed by atoms with van der Waals surface area (Å²) in [5.41, 5.74) is 1.33. The number of benzene rings is 1. The van der Waals surface area contributed by atoms with Gasteiger partial charge in [-0.05, 0) is 49.8 Å². The van der Waals surface area contributed by atoms with E-state index in [-0.39, 0.29) is 23.0 Å². The van der Waals surface area contributed by atoms with Crippen LogP contribution in [-0.2, 0) is 20.2 Å². The monoisotopic (exact) mass is 470 g/mol. The van der Waals surface area contributed by atoms with Crippen LogP contribution >= 0.6 is 15.9 Å². The number of sulfonamides is 1. The van der Waals surface area contributed by atoms with Gasteiger partial charge in [-0.15, -0.1) is 0 Å². The van der Waals surface area contributed by atoms with E-state index in [2.05, 4.69) is 39.4 Å². The number of nitrogens with one attached hydrogen (secondary N) is 1. The number of piperidine rings is 1. The maximum Gasteiger partial charge on any atom is 0.223 e. The van der Waals surface area contributed by atoms with Crippen molar-refractivity contribution in [3.63, 3.8) is 0 Å². The molecular weight excluding hydrogens is 440 g/mol. The second-order valence-electron chi connectivity index (χ2n) is 8.20. The molecule has 1 aliphatic heterocycles. The Hall–Kier alpha value is -0.920. The van der Waals surface area contributed by atoms with Gasteiger partial charge in [-0.3, -0.25) is 4.79 Å². The molecule has 2 aliphatic rings. The molecule has 5 nitrogen and oxygen atoms in total. The third kappa shape index (κ3) is 4.97. The highest BCUT2D eigenvalue weighted by atomic mass is 79.9. The zero-order chi connectivity index (χ0) is 20.2. The SMILES string of the molecule is CCCCS(=O)(=O)N1CCC(C(=O)NCC2(c3cccc(Br)c3)CCC2)CC1. The number of amides is 1. The van der Waals surface area contributed by atoms with Crippen LogP contribution < -0.4 is 5.32 Å². The van der Waals surface area contributed by atoms with Gasteiger partial charge in [0.25, 0.3) is 0 Å². The van der Waals surface area contributed by atoms with Crippen molar-refractivity contribution in [3.05, 3.63) is 34.3 Å². The number of hydrogen-bond acceptors (Lipinski definition) is 3. The summed E-state index contributed by atoms with van der Waals surface area (Å²) in [5.74, 6) is 0.208. The van der Waals surface area contributed by atoms with Gasteiger partial charge < -0.3 is 5.32 Å². The van der Waals surface area contributed by atoms with Gasteiger partial charge in [-0.2, -0.15) is 0 Å². The first kappa shape index (κ1) is 21.8. The lowest BCUT2D eigenvalue weighted by molar-refractivity contribution is -0.126. The van der Waals surface area contributed by atoms with Gasteiger partial charge in [-0.1, -0.05) is 47.8 Å². The van der Waals surface area contributed by atoms with E-state index in [0.29, 0.717) is 38.9 Å². The first-order chi connectivity index (χ1) is 13.4. The Morgan fingerprint density at radius 1 is 1.29 bits per heavy atom. The summed E-state index contributed by atoms with van der Waals surface area (Å²) in [6, 6.07) is 8.38. The van der Waals surface area contributed by atoms with E-state index >= 15 is 0 Å². The van der Waals surface area contributed by atoms with Crippen molar-refractivity contribution >= 4 is 31.9 Å². The molecule has 156 valence electrons. The van der Waals surface area contributed by atoms with Crippen molar-refractivity contribution in [1.29, 1.82) is 0 Å². The Labute approximate surface area is 177 Å². The molecule has 0 aromatic heterocycles. The summed E-state index contributed by atoms with van der Waals surface area (Å²) < 4.78 is 27.3. The number of halogens is 1. The summed E-state index contributed by atoms with van der Waals surface area (Å²) in [7, 11) is -3.17. The van der Waals surface area contributed by atoms with Gasteiger partial charge in [0.1, 0.15) is 0 Å². The minimum atomic E-state index is -3.17. The smallest absolute Gasteiger partial charge is 0.223 e. The van der Waals surface area contributed by atoms with E-state index in [1.54, 1.807) is 4.31 Å². The Balaban J connectivity index is 1.52. The van der Waals surface area contributed by atoms with Crippen LogP contribution in [0.3, 0.4) is 0 Å². The Morgan fingerprint density at radius 2 is 2.00 bits per heavy atom. The predicted octanol–water partition coefficient (Wildman–Crippen LogP) is 3.83. The molecule has 0 radical (unpaired) electrons. The number of hydrogen-bond donors (Lipinski definition) is 1. The molecule has 1 aromatic rings. The molecule has 0 bridgehead atoms. The molecule has 0 unspecified atom stereocenters. The van der Waals surface area contributed by atoms with E-state index in [1.807, 2.05) is 13.0 Å². The molecule has 28 heavy (non-hydrogen) atoms. The fraction of sp³-hybridized carbons (Fsp3) is 0.667. The first-order valence-corrected chi connectivity index (χ1v) is 12.8. The molecule has 2 fully saturated rings. The second-order valence-corrected chi connectivity index (χ2v) is 11.2. The number of rotatable bonds is 8. The van der Waals surface area contributed by atoms with Crippen LogP contribution in [-0.4, -0.2) is 44.0 Å². The van der Waals surface area contributed by atoms with Crippen molar-refractivity contribution in [3.8, 4) is 0 Å². The Morgan fingerprint density at radius 3 is 2.57 bits per heavy atom. The molecule has 1 saturated heterocycles. The van der Waals surface area contributed by atoms with Crippen LogP contribution in [0.1, 0.15) is 57.4 Å². The molecule has 1 heterocycles. The highest BCUT2D eigenvalue weighted by molar-refractivity contribution is 9.10. The maximum atomic E-state index is 12.7. The van der Waals surface area contributed by atoms with E-state index in [9.17, 15) is 13.2 Å². The molecule has 1 saturated carbocycles. The van der Waals surface area contributed by atoms with Gasteiger partial charge in [0.05, 0.1) is 5.75 Å². The molecule has 1 amide bonds. The Kier molecular flexibility index (Phi) is 7.21. The summed E-state index contributed by atoms with van der Waals surface area (Å²) >= 11 is 3.55. The van der Waals surface area contributed by atoms with Crippen LogP contribution in [0, 0.1) is 5.92 Å². The topological polar surface area (TPSA) is 66.5 Å². The summed E-state index contributed by atoms with van der Waals surface area (Å²) in [4.78, 5) is 12.7. The number of nitrogens with zero attached hydrogens (tertiary/aromatic N) is 1. The first-order valence-electron chi connectivity index (χ1n) is 10.4. The van der Waals surface area contributed by atoms with E-state index in [0.717, 1.165) is 23.7 Å². The minimum absolute atomic E-state index is 0.0453. The van der Waals surface area contributed by atoms with Gasteiger partial charge >= 0.3 is 0 Å². The van der Waals surface area contributed by atoms with Crippen molar-refractivity contribution in [2.45, 2.75) is 57.3 Å². The lowest BCUT2D eigenvalue weighted by Crippen LogP contribution is -2.49. The quantitative estimate of drug-likeness (QED) is 0.627. The van der Waals surface area contributed by atoms with Crippen LogP contribution in [0.15, 0.2) is 28.7 Å². The highest BCUT2D eigenvalue weighted by Gasteiger charge is 2.39. The van der Waals surface area contributed by atoms with Gasteiger partial charge in [0.2, 0.25) is 15.9 Å². The summed E-state index contributed by atoms with van der Waals surface area (Å²) in [5, 5.41) is 3.18. The van der Waals surface area contributed by atoms with Crippen molar-refractivity contribution < 1.29 is 13.2 Å². The van der Waals surface area contributed by atoms with Crippen molar-refractivity contribution in [2.24, 2.45) is 5.92 Å². The zero-order valence-electron chi connectivity index (χ0n) is 16.6. The molecule has 0 spiro atoms. The minimum Gasteiger partial charge on any atom is -0.355 e. The zero-order valence-corrected chi connectivity index (χ0v) is 19.0. The Bertz CT molecular complexity index is 785.